The third-order valence-corrected chi connectivity index (χ3v) is 3.64. The molecule has 0 spiro atoms. The number of hydrogen-bond acceptors (Lipinski definition) is 3. The zero-order valence-corrected chi connectivity index (χ0v) is 11.6. The van der Waals surface area contributed by atoms with E-state index < -0.39 is 0 Å². The first-order chi connectivity index (χ1) is 8.83. The van der Waals surface area contributed by atoms with Crippen molar-refractivity contribution >= 4 is 17.3 Å². The van der Waals surface area contributed by atoms with Crippen LogP contribution in [0, 0.1) is 0 Å². The Morgan fingerprint density at radius 1 is 1.44 bits per heavy atom. The minimum Gasteiger partial charge on any atom is -0.382 e. The average Bonchev–Trinajstić information content (AvgIpc) is 2.45. The molecule has 1 aromatic rings. The second-order valence-electron chi connectivity index (χ2n) is 4.56. The third-order valence-electron chi connectivity index (χ3n) is 3.35. The van der Waals surface area contributed by atoms with Gasteiger partial charge in [-0.1, -0.05) is 25.1 Å². The van der Waals surface area contributed by atoms with Crippen molar-refractivity contribution in [1.29, 1.82) is 0 Å². The molecule has 18 heavy (non-hydrogen) atoms. The standard InChI is InChI=1S/C14H21ClN2O/c1-2-17-7-8-18-13(11-17)10-16-14-6-4-3-5-12(14)9-15/h3-6,13,16H,2,7-11H2,1H3. The Morgan fingerprint density at radius 3 is 3.06 bits per heavy atom. The van der Waals surface area contributed by atoms with Gasteiger partial charge in [-0.3, -0.25) is 4.90 Å². The number of benzene rings is 1. The minimum absolute atomic E-state index is 0.266. The summed E-state index contributed by atoms with van der Waals surface area (Å²) in [6.45, 7) is 7.01. The number of likely N-dealkylation sites (N-methyl/N-ethyl adjacent to an activating group) is 1. The van der Waals surface area contributed by atoms with Crippen molar-refractivity contribution in [2.24, 2.45) is 0 Å². The van der Waals surface area contributed by atoms with Crippen LogP contribution in [-0.2, 0) is 10.6 Å². The summed E-state index contributed by atoms with van der Waals surface area (Å²) in [5.41, 5.74) is 2.26. The molecule has 100 valence electrons. The monoisotopic (exact) mass is 268 g/mol. The van der Waals surface area contributed by atoms with Crippen LogP contribution in [0.4, 0.5) is 5.69 Å². The topological polar surface area (TPSA) is 24.5 Å². The molecule has 0 saturated carbocycles. The molecule has 1 aliphatic rings. The Balaban J connectivity index is 1.87. The van der Waals surface area contributed by atoms with Crippen molar-refractivity contribution in [1.82, 2.24) is 4.90 Å². The van der Waals surface area contributed by atoms with Crippen molar-refractivity contribution in [2.45, 2.75) is 18.9 Å². The summed E-state index contributed by atoms with van der Waals surface area (Å²) < 4.78 is 5.77. The number of para-hydroxylation sites is 1. The summed E-state index contributed by atoms with van der Waals surface area (Å²) in [6, 6.07) is 8.16. The maximum Gasteiger partial charge on any atom is 0.0874 e. The smallest absolute Gasteiger partial charge is 0.0874 e. The summed E-state index contributed by atoms with van der Waals surface area (Å²) in [5, 5.41) is 3.44. The molecule has 0 aromatic heterocycles. The highest BCUT2D eigenvalue weighted by atomic mass is 35.5. The molecule has 3 nitrogen and oxygen atoms in total. The van der Waals surface area contributed by atoms with E-state index in [-0.39, 0.29) is 6.10 Å². The number of nitrogens with zero attached hydrogens (tertiary/aromatic N) is 1. The maximum atomic E-state index is 5.92. The van der Waals surface area contributed by atoms with Crippen molar-refractivity contribution in [3.63, 3.8) is 0 Å². The average molecular weight is 269 g/mol. The molecule has 1 atom stereocenters. The summed E-state index contributed by atoms with van der Waals surface area (Å²) in [5.74, 6) is 0.537. The molecule has 0 amide bonds. The number of alkyl halides is 1. The lowest BCUT2D eigenvalue weighted by atomic mass is 10.2. The predicted octanol–water partition coefficient (Wildman–Crippen LogP) is 2.56. The molecule has 1 saturated heterocycles. The highest BCUT2D eigenvalue weighted by Crippen LogP contribution is 2.17. The Bertz CT molecular complexity index is 373. The van der Waals surface area contributed by atoms with E-state index in [0.717, 1.165) is 44.0 Å². The molecular weight excluding hydrogens is 248 g/mol. The maximum absolute atomic E-state index is 5.92. The highest BCUT2D eigenvalue weighted by molar-refractivity contribution is 6.17. The van der Waals surface area contributed by atoms with E-state index in [2.05, 4.69) is 29.3 Å². The number of rotatable bonds is 5. The number of hydrogen-bond donors (Lipinski definition) is 1. The summed E-state index contributed by atoms with van der Waals surface area (Å²) in [6.07, 6.45) is 0.266. The van der Waals surface area contributed by atoms with Gasteiger partial charge in [0.25, 0.3) is 0 Å². The Labute approximate surface area is 114 Å². The van der Waals surface area contributed by atoms with E-state index >= 15 is 0 Å². The normalized spacial score (nSPS) is 20.9. The molecule has 0 radical (unpaired) electrons. The van der Waals surface area contributed by atoms with Crippen LogP contribution >= 0.6 is 11.6 Å². The van der Waals surface area contributed by atoms with Crippen molar-refractivity contribution in [3.8, 4) is 0 Å². The lowest BCUT2D eigenvalue weighted by molar-refractivity contribution is -0.0191. The van der Waals surface area contributed by atoms with E-state index in [9.17, 15) is 0 Å². The van der Waals surface area contributed by atoms with Gasteiger partial charge in [0.1, 0.15) is 0 Å². The Morgan fingerprint density at radius 2 is 2.28 bits per heavy atom. The van der Waals surface area contributed by atoms with Gasteiger partial charge < -0.3 is 10.1 Å². The first-order valence-electron chi connectivity index (χ1n) is 6.55. The van der Waals surface area contributed by atoms with Gasteiger partial charge in [0.15, 0.2) is 0 Å². The van der Waals surface area contributed by atoms with Crippen LogP contribution < -0.4 is 5.32 Å². The molecule has 1 N–H and O–H groups in total. The van der Waals surface area contributed by atoms with Crippen LogP contribution in [0.5, 0.6) is 0 Å². The highest BCUT2D eigenvalue weighted by Gasteiger charge is 2.18. The van der Waals surface area contributed by atoms with Gasteiger partial charge in [-0.05, 0) is 18.2 Å². The summed E-state index contributed by atoms with van der Waals surface area (Å²) in [7, 11) is 0. The predicted molar refractivity (Wildman–Crippen MR) is 76.3 cm³/mol. The van der Waals surface area contributed by atoms with Crippen LogP contribution in [-0.4, -0.2) is 43.8 Å². The van der Waals surface area contributed by atoms with Gasteiger partial charge in [0.05, 0.1) is 12.7 Å². The minimum atomic E-state index is 0.266. The summed E-state index contributed by atoms with van der Waals surface area (Å²) >= 11 is 5.92. The van der Waals surface area contributed by atoms with Crippen LogP contribution in [0.3, 0.4) is 0 Å². The quantitative estimate of drug-likeness (QED) is 0.831. The third kappa shape index (κ3) is 3.61. The van der Waals surface area contributed by atoms with E-state index in [4.69, 9.17) is 16.3 Å². The van der Waals surface area contributed by atoms with Crippen molar-refractivity contribution < 1.29 is 4.74 Å². The molecular formula is C14H21ClN2O. The van der Waals surface area contributed by atoms with Crippen LogP contribution in [0.25, 0.3) is 0 Å². The molecule has 0 aliphatic carbocycles. The molecule has 1 heterocycles. The van der Waals surface area contributed by atoms with Crippen LogP contribution in [0.2, 0.25) is 0 Å². The van der Waals surface area contributed by atoms with Gasteiger partial charge in [0.2, 0.25) is 0 Å². The molecule has 0 bridgehead atoms. The fourth-order valence-corrected chi connectivity index (χ4v) is 2.46. The van der Waals surface area contributed by atoms with E-state index in [1.807, 2.05) is 12.1 Å². The molecule has 1 unspecified atom stereocenters. The zero-order valence-electron chi connectivity index (χ0n) is 10.9. The molecule has 1 fully saturated rings. The van der Waals surface area contributed by atoms with Crippen molar-refractivity contribution in [2.75, 3.05) is 38.1 Å². The van der Waals surface area contributed by atoms with E-state index in [1.54, 1.807) is 0 Å². The van der Waals surface area contributed by atoms with Gasteiger partial charge in [-0.25, -0.2) is 0 Å². The second-order valence-corrected chi connectivity index (χ2v) is 4.82. The van der Waals surface area contributed by atoms with Gasteiger partial charge in [-0.2, -0.15) is 0 Å². The number of nitrogens with one attached hydrogen (secondary N) is 1. The zero-order chi connectivity index (χ0) is 12.8. The first-order valence-corrected chi connectivity index (χ1v) is 7.08. The van der Waals surface area contributed by atoms with Crippen LogP contribution in [0.15, 0.2) is 24.3 Å². The molecule has 1 aromatic carbocycles. The largest absolute Gasteiger partial charge is 0.382 e. The lowest BCUT2D eigenvalue weighted by Gasteiger charge is -2.32. The van der Waals surface area contributed by atoms with E-state index in [1.165, 1.54) is 0 Å². The van der Waals surface area contributed by atoms with E-state index in [0.29, 0.717) is 5.88 Å². The van der Waals surface area contributed by atoms with Gasteiger partial charge in [-0.15, -0.1) is 11.6 Å². The summed E-state index contributed by atoms with van der Waals surface area (Å²) in [4.78, 5) is 2.42. The number of ether oxygens (including phenoxy) is 1. The molecule has 2 rings (SSSR count). The second kappa shape index (κ2) is 6.98. The number of morpholine rings is 1. The molecule has 1 aliphatic heterocycles. The van der Waals surface area contributed by atoms with Crippen molar-refractivity contribution in [3.05, 3.63) is 29.8 Å². The Kier molecular flexibility index (Phi) is 5.29. The van der Waals surface area contributed by atoms with Gasteiger partial charge in [0, 0.05) is 31.2 Å². The fraction of sp³-hybridized carbons (Fsp3) is 0.571. The molecule has 4 heteroatoms. The first kappa shape index (κ1) is 13.7. The fourth-order valence-electron chi connectivity index (χ4n) is 2.22. The van der Waals surface area contributed by atoms with Gasteiger partial charge >= 0.3 is 0 Å². The number of anilines is 1. The Hall–Kier alpha value is -0.770. The lowest BCUT2D eigenvalue weighted by Crippen LogP contribution is -2.45. The van der Waals surface area contributed by atoms with Crippen LogP contribution in [0.1, 0.15) is 12.5 Å². The number of halogens is 1. The SMILES string of the molecule is CCN1CCOC(CNc2ccccc2CCl)C1.